The van der Waals surface area contributed by atoms with Crippen molar-refractivity contribution in [3.05, 3.63) is 69.8 Å². The first kappa shape index (κ1) is 15.1. The number of hydrogen-bond acceptors (Lipinski definition) is 0. The summed E-state index contributed by atoms with van der Waals surface area (Å²) in [4.78, 5) is 0. The smallest absolute Gasteiger partial charge is 0.0835 e. The van der Waals surface area contributed by atoms with Crippen molar-refractivity contribution in [3.63, 3.8) is 0 Å². The van der Waals surface area contributed by atoms with Crippen molar-refractivity contribution >= 4 is 11.6 Å². The quantitative estimate of drug-likeness (QED) is 0.627. The average molecular weight is 287 g/mol. The summed E-state index contributed by atoms with van der Waals surface area (Å²) < 4.78 is 0. The summed E-state index contributed by atoms with van der Waals surface area (Å²) in [5, 5.41) is -0.0650. The van der Waals surface area contributed by atoms with Crippen LogP contribution in [0.3, 0.4) is 0 Å². The topological polar surface area (TPSA) is 0 Å². The van der Waals surface area contributed by atoms with Gasteiger partial charge in [0.1, 0.15) is 0 Å². The van der Waals surface area contributed by atoms with E-state index in [1.165, 1.54) is 33.4 Å². The second-order valence-electron chi connectivity index (χ2n) is 5.52. The van der Waals surface area contributed by atoms with Crippen LogP contribution in [0.4, 0.5) is 0 Å². The minimum atomic E-state index is -0.0650. The van der Waals surface area contributed by atoms with Crippen LogP contribution in [0, 0.1) is 13.8 Å². The second-order valence-corrected chi connectivity index (χ2v) is 5.96. The molecule has 0 aliphatic rings. The summed E-state index contributed by atoms with van der Waals surface area (Å²) in [5.74, 6) is 0. The van der Waals surface area contributed by atoms with E-state index >= 15 is 0 Å². The van der Waals surface area contributed by atoms with Crippen molar-refractivity contribution in [2.45, 2.75) is 45.9 Å². The molecule has 0 nitrogen and oxygen atoms in total. The Morgan fingerprint density at radius 1 is 0.800 bits per heavy atom. The van der Waals surface area contributed by atoms with Gasteiger partial charge in [0.2, 0.25) is 0 Å². The molecule has 2 rings (SSSR count). The molecule has 0 saturated carbocycles. The largest absolute Gasteiger partial charge is 0.113 e. The molecular formula is C19H23Cl. The van der Waals surface area contributed by atoms with Gasteiger partial charge in [0.15, 0.2) is 0 Å². The van der Waals surface area contributed by atoms with Crippen LogP contribution in [0.15, 0.2) is 36.4 Å². The van der Waals surface area contributed by atoms with Gasteiger partial charge in [0, 0.05) is 0 Å². The van der Waals surface area contributed by atoms with Gasteiger partial charge in [-0.2, -0.15) is 0 Å². The molecule has 0 bridgehead atoms. The van der Waals surface area contributed by atoms with Gasteiger partial charge in [0.05, 0.1) is 5.38 Å². The molecule has 0 heterocycles. The van der Waals surface area contributed by atoms with Gasteiger partial charge in [-0.25, -0.2) is 0 Å². The highest BCUT2D eigenvalue weighted by Crippen LogP contribution is 2.31. The third kappa shape index (κ3) is 3.24. The van der Waals surface area contributed by atoms with Crippen molar-refractivity contribution in [2.75, 3.05) is 0 Å². The Hall–Kier alpha value is -1.27. The van der Waals surface area contributed by atoms with Crippen LogP contribution >= 0.6 is 11.6 Å². The van der Waals surface area contributed by atoms with Gasteiger partial charge in [-0.3, -0.25) is 0 Å². The Kier molecular flexibility index (Phi) is 4.88. The lowest BCUT2D eigenvalue weighted by atomic mass is 9.95. The molecule has 0 amide bonds. The van der Waals surface area contributed by atoms with Crippen molar-refractivity contribution in [2.24, 2.45) is 0 Å². The second kappa shape index (κ2) is 6.45. The molecule has 0 fully saturated rings. The van der Waals surface area contributed by atoms with Crippen LogP contribution in [0.25, 0.3) is 0 Å². The Balaban J connectivity index is 2.39. The Labute approximate surface area is 127 Å². The summed E-state index contributed by atoms with van der Waals surface area (Å²) in [6.07, 6.45) is 2.15. The third-order valence-electron chi connectivity index (χ3n) is 3.82. The van der Waals surface area contributed by atoms with E-state index in [0.29, 0.717) is 0 Å². The van der Waals surface area contributed by atoms with Crippen molar-refractivity contribution in [1.82, 2.24) is 0 Å². The van der Waals surface area contributed by atoms with E-state index in [-0.39, 0.29) is 5.38 Å². The lowest BCUT2D eigenvalue weighted by Gasteiger charge is -2.15. The van der Waals surface area contributed by atoms with Crippen molar-refractivity contribution in [1.29, 1.82) is 0 Å². The fourth-order valence-electron chi connectivity index (χ4n) is 2.83. The van der Waals surface area contributed by atoms with E-state index in [2.05, 4.69) is 64.1 Å². The zero-order chi connectivity index (χ0) is 14.7. The Morgan fingerprint density at radius 3 is 1.95 bits per heavy atom. The van der Waals surface area contributed by atoms with Crippen LogP contribution in [0.1, 0.15) is 52.6 Å². The molecule has 20 heavy (non-hydrogen) atoms. The Morgan fingerprint density at radius 2 is 1.40 bits per heavy atom. The monoisotopic (exact) mass is 286 g/mol. The fourth-order valence-corrected chi connectivity index (χ4v) is 3.09. The molecule has 0 aliphatic heterocycles. The van der Waals surface area contributed by atoms with E-state index in [0.717, 1.165) is 12.8 Å². The van der Waals surface area contributed by atoms with Gasteiger partial charge < -0.3 is 0 Å². The molecule has 0 aliphatic carbocycles. The number of rotatable bonds is 4. The maximum absolute atomic E-state index is 6.70. The standard InChI is InChI=1S/C19H23Cl/c1-5-15-7-8-17(12-16(15)6-2)19(20)18-10-13(3)9-14(4)11-18/h7-12,19H,5-6H2,1-4H3. The minimum Gasteiger partial charge on any atom is -0.113 e. The molecule has 2 aromatic carbocycles. The SMILES string of the molecule is CCc1ccc(C(Cl)c2cc(C)cc(C)c2)cc1CC. The van der Waals surface area contributed by atoms with Crippen LogP contribution in [-0.4, -0.2) is 0 Å². The molecule has 1 atom stereocenters. The molecule has 2 aromatic rings. The molecule has 0 radical (unpaired) electrons. The van der Waals surface area contributed by atoms with Crippen LogP contribution in [-0.2, 0) is 12.8 Å². The first-order valence-electron chi connectivity index (χ1n) is 7.39. The van der Waals surface area contributed by atoms with Crippen molar-refractivity contribution < 1.29 is 0 Å². The predicted molar refractivity (Wildman–Crippen MR) is 88.8 cm³/mol. The number of benzene rings is 2. The first-order valence-corrected chi connectivity index (χ1v) is 7.82. The fraction of sp³-hybridized carbons (Fsp3) is 0.368. The zero-order valence-electron chi connectivity index (χ0n) is 12.8. The lowest BCUT2D eigenvalue weighted by molar-refractivity contribution is 1.01. The van der Waals surface area contributed by atoms with Gasteiger partial charge in [-0.05, 0) is 48.9 Å². The third-order valence-corrected chi connectivity index (χ3v) is 4.33. The number of aryl methyl sites for hydroxylation is 4. The normalized spacial score (nSPS) is 12.4. The lowest BCUT2D eigenvalue weighted by Crippen LogP contribution is -1.98. The summed E-state index contributed by atoms with van der Waals surface area (Å²) in [6.45, 7) is 8.66. The van der Waals surface area contributed by atoms with E-state index in [1.54, 1.807) is 0 Å². The number of halogens is 1. The van der Waals surface area contributed by atoms with Crippen LogP contribution in [0.5, 0.6) is 0 Å². The molecular weight excluding hydrogens is 264 g/mol. The van der Waals surface area contributed by atoms with Gasteiger partial charge >= 0.3 is 0 Å². The zero-order valence-corrected chi connectivity index (χ0v) is 13.6. The minimum absolute atomic E-state index is 0.0650. The van der Waals surface area contributed by atoms with Crippen LogP contribution in [0.2, 0.25) is 0 Å². The maximum Gasteiger partial charge on any atom is 0.0835 e. The van der Waals surface area contributed by atoms with E-state index in [9.17, 15) is 0 Å². The first-order chi connectivity index (χ1) is 9.55. The molecule has 0 spiro atoms. The summed E-state index contributed by atoms with van der Waals surface area (Å²) >= 11 is 6.70. The predicted octanol–water partition coefficient (Wildman–Crippen LogP) is 5.76. The van der Waals surface area contributed by atoms with Gasteiger partial charge in [-0.1, -0.05) is 61.4 Å². The molecule has 106 valence electrons. The van der Waals surface area contributed by atoms with Crippen molar-refractivity contribution in [3.8, 4) is 0 Å². The van der Waals surface area contributed by atoms with E-state index < -0.39 is 0 Å². The Bertz CT molecular complexity index is 578. The number of hydrogen-bond donors (Lipinski definition) is 0. The average Bonchev–Trinajstić information content (AvgIpc) is 2.44. The van der Waals surface area contributed by atoms with E-state index in [1.807, 2.05) is 0 Å². The maximum atomic E-state index is 6.70. The highest BCUT2D eigenvalue weighted by atomic mass is 35.5. The van der Waals surface area contributed by atoms with Gasteiger partial charge in [-0.15, -0.1) is 11.6 Å². The highest BCUT2D eigenvalue weighted by molar-refractivity contribution is 6.22. The molecule has 0 aromatic heterocycles. The van der Waals surface area contributed by atoms with Gasteiger partial charge in [0.25, 0.3) is 0 Å². The summed E-state index contributed by atoms with van der Waals surface area (Å²) in [6, 6.07) is 13.2. The molecule has 0 N–H and O–H groups in total. The highest BCUT2D eigenvalue weighted by Gasteiger charge is 2.13. The molecule has 0 saturated heterocycles. The summed E-state index contributed by atoms with van der Waals surface area (Å²) in [7, 11) is 0. The molecule has 1 unspecified atom stereocenters. The van der Waals surface area contributed by atoms with Crippen LogP contribution < -0.4 is 0 Å². The molecule has 1 heteroatoms. The summed E-state index contributed by atoms with van der Waals surface area (Å²) in [5.41, 5.74) is 7.78. The van der Waals surface area contributed by atoms with E-state index in [4.69, 9.17) is 11.6 Å². The number of alkyl halides is 1.